The number of alkyl halides is 3. The Labute approximate surface area is 173 Å². The molecular weight excluding hydrogens is 395 g/mol. The molecule has 1 amide bonds. The van der Waals surface area contributed by atoms with Crippen molar-refractivity contribution in [2.75, 3.05) is 26.2 Å². The maximum Gasteiger partial charge on any atom is 0.417 e. The van der Waals surface area contributed by atoms with Crippen molar-refractivity contribution in [1.82, 2.24) is 24.6 Å². The summed E-state index contributed by atoms with van der Waals surface area (Å²) in [6.07, 6.45) is 2.03. The lowest BCUT2D eigenvalue weighted by Crippen LogP contribution is -2.46. The van der Waals surface area contributed by atoms with Gasteiger partial charge in [0.05, 0.1) is 34.4 Å². The van der Waals surface area contributed by atoms with E-state index in [1.807, 2.05) is 4.90 Å². The van der Waals surface area contributed by atoms with E-state index in [1.54, 1.807) is 13.8 Å². The molecule has 0 unspecified atom stereocenters. The Morgan fingerprint density at radius 1 is 1.07 bits per heavy atom. The molecule has 0 aliphatic carbocycles. The summed E-state index contributed by atoms with van der Waals surface area (Å²) in [6, 6.07) is 1.54. The Morgan fingerprint density at radius 3 is 2.37 bits per heavy atom. The van der Waals surface area contributed by atoms with E-state index in [9.17, 15) is 18.0 Å². The molecule has 0 N–H and O–H groups in total. The molecule has 0 saturated carbocycles. The number of amides is 1. The van der Waals surface area contributed by atoms with Crippen LogP contribution in [-0.2, 0) is 6.18 Å². The summed E-state index contributed by atoms with van der Waals surface area (Å²) in [5, 5.41) is 4.35. The van der Waals surface area contributed by atoms with E-state index in [0.717, 1.165) is 38.2 Å². The summed E-state index contributed by atoms with van der Waals surface area (Å²) in [5.74, 6) is -0.101. The standard InChI is InChI=1S/C21H26F3N5O/c1-14-19(20(30)28-9-5-17(6-10-28)27-7-3-4-8-27)15(2)29(26-14)18-11-16(12-25-13-18)21(22,23)24/h11-13,17H,3-10H2,1-2H3. The molecule has 4 rings (SSSR count). The van der Waals surface area contributed by atoms with Crippen molar-refractivity contribution in [2.24, 2.45) is 0 Å². The van der Waals surface area contributed by atoms with E-state index in [4.69, 9.17) is 0 Å². The lowest BCUT2D eigenvalue weighted by atomic mass is 10.0. The fourth-order valence-electron chi connectivity index (χ4n) is 4.60. The number of aryl methyl sites for hydroxylation is 1. The zero-order chi connectivity index (χ0) is 21.5. The van der Waals surface area contributed by atoms with Crippen LogP contribution in [0.15, 0.2) is 18.5 Å². The molecule has 2 aromatic heterocycles. The number of aromatic nitrogens is 3. The van der Waals surface area contributed by atoms with Gasteiger partial charge in [0.15, 0.2) is 0 Å². The highest BCUT2D eigenvalue weighted by atomic mass is 19.4. The molecule has 2 fully saturated rings. The molecule has 162 valence electrons. The van der Waals surface area contributed by atoms with Crippen molar-refractivity contribution in [2.45, 2.75) is 51.7 Å². The number of halogens is 3. The summed E-state index contributed by atoms with van der Waals surface area (Å²) in [6.45, 7) is 7.10. The number of carbonyl (C=O) groups excluding carboxylic acids is 1. The van der Waals surface area contributed by atoms with Crippen LogP contribution in [-0.4, -0.2) is 62.7 Å². The minimum Gasteiger partial charge on any atom is -0.338 e. The van der Waals surface area contributed by atoms with Crippen LogP contribution in [0.2, 0.25) is 0 Å². The number of piperidine rings is 1. The molecule has 0 spiro atoms. The molecule has 2 aliphatic rings. The van der Waals surface area contributed by atoms with Gasteiger partial charge < -0.3 is 9.80 Å². The number of nitrogens with zero attached hydrogens (tertiary/aromatic N) is 5. The molecule has 0 radical (unpaired) electrons. The second kappa shape index (κ2) is 8.02. The third-order valence-corrected chi connectivity index (χ3v) is 6.21. The number of rotatable bonds is 3. The number of hydrogen-bond acceptors (Lipinski definition) is 4. The number of likely N-dealkylation sites (tertiary alicyclic amines) is 2. The molecule has 4 heterocycles. The molecule has 9 heteroatoms. The molecule has 6 nitrogen and oxygen atoms in total. The van der Waals surface area contributed by atoms with Gasteiger partial charge in [-0.25, -0.2) is 4.68 Å². The first-order valence-electron chi connectivity index (χ1n) is 10.4. The van der Waals surface area contributed by atoms with Crippen LogP contribution in [0, 0.1) is 13.8 Å². The van der Waals surface area contributed by atoms with E-state index in [1.165, 1.54) is 23.7 Å². The van der Waals surface area contributed by atoms with Crippen LogP contribution in [0.5, 0.6) is 0 Å². The Bertz CT molecular complexity index is 925. The average Bonchev–Trinajstić information content (AvgIpc) is 3.35. The lowest BCUT2D eigenvalue weighted by molar-refractivity contribution is -0.137. The van der Waals surface area contributed by atoms with Gasteiger partial charge in [-0.15, -0.1) is 0 Å². The van der Waals surface area contributed by atoms with Gasteiger partial charge in [0, 0.05) is 25.3 Å². The zero-order valence-electron chi connectivity index (χ0n) is 17.2. The summed E-state index contributed by atoms with van der Waals surface area (Å²) >= 11 is 0. The maximum atomic E-state index is 13.2. The van der Waals surface area contributed by atoms with Crippen molar-refractivity contribution in [3.8, 4) is 5.69 Å². The van der Waals surface area contributed by atoms with Crippen molar-refractivity contribution < 1.29 is 18.0 Å². The zero-order valence-corrected chi connectivity index (χ0v) is 17.2. The minimum absolute atomic E-state index is 0.101. The Morgan fingerprint density at radius 2 is 1.73 bits per heavy atom. The maximum absolute atomic E-state index is 13.2. The summed E-state index contributed by atoms with van der Waals surface area (Å²) in [7, 11) is 0. The van der Waals surface area contributed by atoms with Gasteiger partial charge in [-0.2, -0.15) is 18.3 Å². The smallest absolute Gasteiger partial charge is 0.338 e. The van der Waals surface area contributed by atoms with Gasteiger partial charge in [0.25, 0.3) is 5.91 Å². The third-order valence-electron chi connectivity index (χ3n) is 6.21. The van der Waals surface area contributed by atoms with Gasteiger partial charge in [-0.3, -0.25) is 9.78 Å². The van der Waals surface area contributed by atoms with Gasteiger partial charge in [-0.1, -0.05) is 0 Å². The first kappa shape index (κ1) is 20.8. The van der Waals surface area contributed by atoms with Crippen LogP contribution in [0.3, 0.4) is 0 Å². The summed E-state index contributed by atoms with van der Waals surface area (Å²) < 4.78 is 40.5. The molecule has 30 heavy (non-hydrogen) atoms. The number of pyridine rings is 1. The second-order valence-corrected chi connectivity index (χ2v) is 8.15. The monoisotopic (exact) mass is 421 g/mol. The van der Waals surface area contributed by atoms with Crippen LogP contribution in [0.25, 0.3) is 5.69 Å². The Balaban J connectivity index is 1.53. The molecule has 2 aliphatic heterocycles. The van der Waals surface area contributed by atoms with Crippen LogP contribution in [0.4, 0.5) is 13.2 Å². The van der Waals surface area contributed by atoms with Crippen molar-refractivity contribution in [3.05, 3.63) is 41.0 Å². The summed E-state index contributed by atoms with van der Waals surface area (Å²) in [5.41, 5.74) is 0.852. The molecule has 0 atom stereocenters. The predicted octanol–water partition coefficient (Wildman–Crippen LogP) is 3.60. The fraction of sp³-hybridized carbons (Fsp3) is 0.571. The third kappa shape index (κ3) is 3.95. The van der Waals surface area contributed by atoms with E-state index in [0.29, 0.717) is 36.1 Å². The normalized spacial score (nSPS) is 18.9. The van der Waals surface area contributed by atoms with Gasteiger partial charge in [0.1, 0.15) is 0 Å². The van der Waals surface area contributed by atoms with Crippen LogP contribution < -0.4 is 0 Å². The molecule has 0 aromatic carbocycles. The quantitative estimate of drug-likeness (QED) is 0.760. The first-order valence-corrected chi connectivity index (χ1v) is 10.4. The Kier molecular flexibility index (Phi) is 5.57. The SMILES string of the molecule is Cc1nn(-c2cncc(C(F)(F)F)c2)c(C)c1C(=O)N1CCC(N2CCCC2)CC1. The average molecular weight is 421 g/mol. The van der Waals surface area contributed by atoms with Gasteiger partial charge in [-0.05, 0) is 58.7 Å². The number of hydrogen-bond donors (Lipinski definition) is 0. The lowest BCUT2D eigenvalue weighted by Gasteiger charge is -2.36. The molecular formula is C21H26F3N5O. The molecule has 2 saturated heterocycles. The minimum atomic E-state index is -4.49. The van der Waals surface area contributed by atoms with Crippen LogP contribution in [0.1, 0.15) is 53.0 Å². The second-order valence-electron chi connectivity index (χ2n) is 8.15. The van der Waals surface area contributed by atoms with Gasteiger partial charge in [0.2, 0.25) is 0 Å². The van der Waals surface area contributed by atoms with Crippen molar-refractivity contribution in [3.63, 3.8) is 0 Å². The molecule has 2 aromatic rings. The highest BCUT2D eigenvalue weighted by Gasteiger charge is 2.33. The predicted molar refractivity (Wildman–Crippen MR) is 106 cm³/mol. The van der Waals surface area contributed by atoms with Crippen LogP contribution >= 0.6 is 0 Å². The summed E-state index contributed by atoms with van der Waals surface area (Å²) in [4.78, 5) is 21.3. The van der Waals surface area contributed by atoms with Crippen molar-refractivity contribution in [1.29, 1.82) is 0 Å². The van der Waals surface area contributed by atoms with E-state index in [2.05, 4.69) is 15.0 Å². The van der Waals surface area contributed by atoms with Crippen molar-refractivity contribution >= 4 is 5.91 Å². The number of carbonyl (C=O) groups is 1. The Hall–Kier alpha value is -2.42. The molecule has 0 bridgehead atoms. The topological polar surface area (TPSA) is 54.3 Å². The largest absolute Gasteiger partial charge is 0.417 e. The van der Waals surface area contributed by atoms with E-state index in [-0.39, 0.29) is 11.6 Å². The highest BCUT2D eigenvalue weighted by Crippen LogP contribution is 2.30. The van der Waals surface area contributed by atoms with E-state index < -0.39 is 11.7 Å². The van der Waals surface area contributed by atoms with Gasteiger partial charge >= 0.3 is 6.18 Å². The highest BCUT2D eigenvalue weighted by molar-refractivity contribution is 5.96. The first-order chi connectivity index (χ1) is 14.3. The fourth-order valence-corrected chi connectivity index (χ4v) is 4.60. The van der Waals surface area contributed by atoms with E-state index >= 15 is 0 Å².